The van der Waals surface area contributed by atoms with Crippen molar-refractivity contribution in [2.45, 2.75) is 19.4 Å². The summed E-state index contributed by atoms with van der Waals surface area (Å²) < 4.78 is 5.43. The molecule has 3 aromatic rings. The molecule has 0 spiro atoms. The van der Waals surface area contributed by atoms with Gasteiger partial charge >= 0.3 is 0 Å². The Hall–Kier alpha value is -2.31. The molecule has 1 atom stereocenters. The van der Waals surface area contributed by atoms with Crippen LogP contribution in [0.4, 0.5) is 0 Å². The topological polar surface area (TPSA) is 80.4 Å². The molecule has 1 unspecified atom stereocenters. The zero-order chi connectivity index (χ0) is 16.4. The van der Waals surface area contributed by atoms with Crippen LogP contribution in [0, 0.1) is 0 Å². The second-order valence-electron chi connectivity index (χ2n) is 5.15. The van der Waals surface area contributed by atoms with Crippen molar-refractivity contribution in [1.29, 1.82) is 0 Å². The van der Waals surface area contributed by atoms with Crippen LogP contribution in [0.1, 0.15) is 13.3 Å². The lowest BCUT2D eigenvalue weighted by atomic mass is 10.2. The van der Waals surface area contributed by atoms with E-state index in [0.717, 1.165) is 0 Å². The first-order valence-electron chi connectivity index (χ1n) is 7.23. The number of nitrogens with zero attached hydrogens (tertiary/aromatic N) is 3. The summed E-state index contributed by atoms with van der Waals surface area (Å²) in [7, 11) is 0. The lowest BCUT2D eigenvalue weighted by Gasteiger charge is -2.11. The van der Waals surface area contributed by atoms with Crippen molar-refractivity contribution >= 4 is 22.6 Å². The van der Waals surface area contributed by atoms with Crippen LogP contribution in [0.5, 0.6) is 11.5 Å². The maximum atomic E-state index is 10.2. The summed E-state index contributed by atoms with van der Waals surface area (Å²) in [6.07, 6.45) is 0.0795. The highest BCUT2D eigenvalue weighted by molar-refractivity contribution is 6.31. The minimum Gasteiger partial charge on any atom is -0.505 e. The number of aromatic nitrogens is 3. The Labute approximate surface area is 137 Å². The zero-order valence-corrected chi connectivity index (χ0v) is 13.2. The van der Waals surface area contributed by atoms with Crippen LogP contribution >= 0.6 is 11.6 Å². The van der Waals surface area contributed by atoms with E-state index < -0.39 is 6.10 Å². The number of benzene rings is 2. The molecular formula is C16H16ClN3O3. The second kappa shape index (κ2) is 6.44. The van der Waals surface area contributed by atoms with Gasteiger partial charge in [-0.05, 0) is 36.8 Å². The Morgan fingerprint density at radius 2 is 1.96 bits per heavy atom. The van der Waals surface area contributed by atoms with Crippen LogP contribution in [-0.4, -0.2) is 37.9 Å². The lowest BCUT2D eigenvalue weighted by Crippen LogP contribution is -2.16. The molecule has 0 aliphatic heterocycles. The molecule has 1 heterocycles. The SMILES string of the molecule is CCC(O)COc1ccc(-n2nc3ccc(Cl)cc3n2)c(O)c1. The molecule has 2 N–H and O–H groups in total. The van der Waals surface area contributed by atoms with Crippen molar-refractivity contribution in [2.24, 2.45) is 0 Å². The van der Waals surface area contributed by atoms with Gasteiger partial charge in [-0.2, -0.15) is 0 Å². The third kappa shape index (κ3) is 3.38. The van der Waals surface area contributed by atoms with Gasteiger partial charge in [-0.1, -0.05) is 18.5 Å². The Kier molecular flexibility index (Phi) is 4.36. The fraction of sp³-hybridized carbons (Fsp3) is 0.250. The molecule has 120 valence electrons. The number of aliphatic hydroxyl groups is 1. The highest BCUT2D eigenvalue weighted by atomic mass is 35.5. The average Bonchev–Trinajstić information content (AvgIpc) is 2.95. The van der Waals surface area contributed by atoms with Gasteiger partial charge in [0.2, 0.25) is 0 Å². The van der Waals surface area contributed by atoms with Crippen LogP contribution in [0.25, 0.3) is 16.7 Å². The second-order valence-corrected chi connectivity index (χ2v) is 5.58. The van der Waals surface area contributed by atoms with Crippen LogP contribution in [0.3, 0.4) is 0 Å². The number of phenols is 1. The summed E-state index contributed by atoms with van der Waals surface area (Å²) in [5, 5.41) is 28.9. The van der Waals surface area contributed by atoms with E-state index in [1.54, 1.807) is 30.3 Å². The molecule has 0 radical (unpaired) electrons. The highest BCUT2D eigenvalue weighted by Crippen LogP contribution is 2.27. The van der Waals surface area contributed by atoms with E-state index >= 15 is 0 Å². The van der Waals surface area contributed by atoms with Gasteiger partial charge in [0, 0.05) is 11.1 Å². The van der Waals surface area contributed by atoms with Gasteiger partial charge in [0.15, 0.2) is 0 Å². The summed E-state index contributed by atoms with van der Waals surface area (Å²) in [4.78, 5) is 1.35. The maximum Gasteiger partial charge on any atom is 0.146 e. The Bertz CT molecular complexity index is 835. The molecule has 6 nitrogen and oxygen atoms in total. The quantitative estimate of drug-likeness (QED) is 0.750. The first kappa shape index (κ1) is 15.6. The van der Waals surface area contributed by atoms with E-state index in [0.29, 0.717) is 33.9 Å². The first-order chi connectivity index (χ1) is 11.1. The minimum atomic E-state index is -0.528. The molecule has 1 aromatic heterocycles. The molecule has 23 heavy (non-hydrogen) atoms. The number of fused-ring (bicyclic) bond motifs is 1. The Morgan fingerprint density at radius 1 is 1.17 bits per heavy atom. The maximum absolute atomic E-state index is 10.2. The molecule has 0 aliphatic carbocycles. The van der Waals surface area contributed by atoms with Gasteiger partial charge in [-0.25, -0.2) is 0 Å². The number of halogens is 1. The predicted molar refractivity (Wildman–Crippen MR) is 87.3 cm³/mol. The third-order valence-corrected chi connectivity index (χ3v) is 3.65. The van der Waals surface area contributed by atoms with E-state index in [2.05, 4.69) is 10.2 Å². The molecular weight excluding hydrogens is 318 g/mol. The highest BCUT2D eigenvalue weighted by Gasteiger charge is 2.11. The summed E-state index contributed by atoms with van der Waals surface area (Å²) in [6, 6.07) is 10.0. The Morgan fingerprint density at radius 3 is 2.70 bits per heavy atom. The van der Waals surface area contributed by atoms with Crippen LogP contribution in [-0.2, 0) is 0 Å². The number of phenolic OH excluding ortho intramolecular Hbond substituents is 1. The normalized spacial score (nSPS) is 12.5. The standard InChI is InChI=1S/C16H16ClN3O3/c1-2-11(21)9-23-12-4-6-15(16(22)8-12)20-18-13-5-3-10(17)7-14(13)19-20/h3-8,11,21-22H,2,9H2,1H3. The molecule has 7 heteroatoms. The van der Waals surface area contributed by atoms with Crippen molar-refractivity contribution < 1.29 is 14.9 Å². The van der Waals surface area contributed by atoms with Crippen molar-refractivity contribution in [2.75, 3.05) is 6.61 Å². The smallest absolute Gasteiger partial charge is 0.146 e. The van der Waals surface area contributed by atoms with Crippen LogP contribution in [0.15, 0.2) is 36.4 Å². The van der Waals surface area contributed by atoms with Crippen molar-refractivity contribution in [3.63, 3.8) is 0 Å². The van der Waals surface area contributed by atoms with E-state index in [1.807, 2.05) is 6.92 Å². The minimum absolute atomic E-state index is 0.0140. The van der Waals surface area contributed by atoms with Crippen molar-refractivity contribution in [1.82, 2.24) is 15.0 Å². The fourth-order valence-electron chi connectivity index (χ4n) is 2.07. The Balaban J connectivity index is 1.87. The molecule has 0 aliphatic rings. The average molecular weight is 334 g/mol. The number of hydrogen-bond acceptors (Lipinski definition) is 5. The van der Waals surface area contributed by atoms with Gasteiger partial charge < -0.3 is 14.9 Å². The lowest BCUT2D eigenvalue weighted by molar-refractivity contribution is 0.104. The molecule has 0 saturated carbocycles. The molecule has 0 fully saturated rings. The van der Waals surface area contributed by atoms with Crippen LogP contribution < -0.4 is 4.74 Å². The van der Waals surface area contributed by atoms with E-state index in [9.17, 15) is 10.2 Å². The van der Waals surface area contributed by atoms with Crippen molar-refractivity contribution in [3.05, 3.63) is 41.4 Å². The molecule has 2 aromatic carbocycles. The number of ether oxygens (including phenoxy) is 1. The summed E-state index contributed by atoms with van der Waals surface area (Å²) >= 11 is 5.93. The largest absolute Gasteiger partial charge is 0.505 e. The van der Waals surface area contributed by atoms with E-state index in [4.69, 9.17) is 16.3 Å². The number of aliphatic hydroxyl groups excluding tert-OH is 1. The molecule has 3 rings (SSSR count). The molecule has 0 amide bonds. The van der Waals surface area contributed by atoms with Gasteiger partial charge in [0.1, 0.15) is 34.8 Å². The predicted octanol–water partition coefficient (Wildman–Crippen LogP) is 2.93. The van der Waals surface area contributed by atoms with Gasteiger partial charge in [0.05, 0.1) is 6.10 Å². The van der Waals surface area contributed by atoms with Crippen LogP contribution in [0.2, 0.25) is 5.02 Å². The summed E-state index contributed by atoms with van der Waals surface area (Å²) in [5.41, 5.74) is 1.75. The fourth-order valence-corrected chi connectivity index (χ4v) is 2.23. The zero-order valence-electron chi connectivity index (χ0n) is 12.5. The van der Waals surface area contributed by atoms with E-state index in [-0.39, 0.29) is 12.4 Å². The number of rotatable bonds is 5. The monoisotopic (exact) mass is 333 g/mol. The van der Waals surface area contributed by atoms with Gasteiger partial charge in [0.25, 0.3) is 0 Å². The summed E-state index contributed by atoms with van der Waals surface area (Å²) in [5.74, 6) is 0.457. The van der Waals surface area contributed by atoms with Gasteiger partial charge in [-0.15, -0.1) is 15.0 Å². The number of hydrogen-bond donors (Lipinski definition) is 2. The molecule has 0 saturated heterocycles. The first-order valence-corrected chi connectivity index (χ1v) is 7.61. The van der Waals surface area contributed by atoms with Gasteiger partial charge in [-0.3, -0.25) is 0 Å². The molecule has 0 bridgehead atoms. The van der Waals surface area contributed by atoms with Crippen molar-refractivity contribution in [3.8, 4) is 17.2 Å². The van der Waals surface area contributed by atoms with E-state index in [1.165, 1.54) is 10.9 Å². The number of aromatic hydroxyl groups is 1. The summed E-state index contributed by atoms with van der Waals surface area (Å²) in [6.45, 7) is 2.05. The third-order valence-electron chi connectivity index (χ3n) is 3.42.